The number of fused-ring (bicyclic) bond motifs is 1. The summed E-state index contributed by atoms with van der Waals surface area (Å²) in [6.45, 7) is 0.711. The van der Waals surface area contributed by atoms with Gasteiger partial charge in [-0.25, -0.2) is 4.98 Å². The predicted molar refractivity (Wildman–Crippen MR) is 123 cm³/mol. The lowest BCUT2D eigenvalue weighted by Gasteiger charge is -2.11. The van der Waals surface area contributed by atoms with Gasteiger partial charge in [0.25, 0.3) is 5.91 Å². The van der Waals surface area contributed by atoms with Crippen LogP contribution in [0, 0.1) is 0 Å². The van der Waals surface area contributed by atoms with Crippen LogP contribution in [-0.2, 0) is 11.2 Å². The molecule has 2 amide bonds. The predicted octanol–water partition coefficient (Wildman–Crippen LogP) is 3.99. The van der Waals surface area contributed by atoms with Crippen molar-refractivity contribution in [3.8, 4) is 11.3 Å². The van der Waals surface area contributed by atoms with Crippen LogP contribution >= 0.6 is 0 Å². The molecule has 2 N–H and O–H groups in total. The van der Waals surface area contributed by atoms with Gasteiger partial charge in [0.15, 0.2) is 0 Å². The third kappa shape index (κ3) is 5.14. The van der Waals surface area contributed by atoms with E-state index in [2.05, 4.69) is 10.6 Å². The molecule has 0 aliphatic heterocycles. The molecule has 0 aliphatic carbocycles. The van der Waals surface area contributed by atoms with Gasteiger partial charge in [0, 0.05) is 24.0 Å². The van der Waals surface area contributed by atoms with Crippen molar-refractivity contribution in [3.05, 3.63) is 102 Å². The minimum atomic E-state index is -0.187. The quantitative estimate of drug-likeness (QED) is 0.454. The lowest BCUT2D eigenvalue weighted by Crippen LogP contribution is -2.35. The SMILES string of the molecule is O=C(Cc1ccccc1)NCCNC(=O)c1cc(-c2ccccc2)nc2ccccc12. The van der Waals surface area contributed by atoms with E-state index in [0.717, 1.165) is 27.7 Å². The highest BCUT2D eigenvalue weighted by Gasteiger charge is 2.13. The van der Waals surface area contributed by atoms with Gasteiger partial charge in [0.05, 0.1) is 23.2 Å². The largest absolute Gasteiger partial charge is 0.354 e. The summed E-state index contributed by atoms with van der Waals surface area (Å²) >= 11 is 0. The molecule has 3 aromatic carbocycles. The minimum Gasteiger partial charge on any atom is -0.354 e. The number of hydrogen-bond acceptors (Lipinski definition) is 3. The van der Waals surface area contributed by atoms with Gasteiger partial charge < -0.3 is 10.6 Å². The fraction of sp³-hybridized carbons (Fsp3) is 0.115. The van der Waals surface area contributed by atoms with Crippen LogP contribution in [0.1, 0.15) is 15.9 Å². The molecular formula is C26H23N3O2. The van der Waals surface area contributed by atoms with Crippen LogP contribution in [-0.4, -0.2) is 29.9 Å². The van der Waals surface area contributed by atoms with E-state index in [9.17, 15) is 9.59 Å². The highest BCUT2D eigenvalue weighted by Crippen LogP contribution is 2.24. The van der Waals surface area contributed by atoms with Crippen LogP contribution in [0.5, 0.6) is 0 Å². The number of pyridine rings is 1. The molecule has 5 heteroatoms. The summed E-state index contributed by atoms with van der Waals surface area (Å²) < 4.78 is 0. The maximum atomic E-state index is 12.9. The summed E-state index contributed by atoms with van der Waals surface area (Å²) in [6.07, 6.45) is 0.324. The second kappa shape index (κ2) is 9.67. The van der Waals surface area contributed by atoms with Crippen LogP contribution < -0.4 is 10.6 Å². The Morgan fingerprint density at radius 3 is 2.16 bits per heavy atom. The Balaban J connectivity index is 1.42. The lowest BCUT2D eigenvalue weighted by atomic mass is 10.0. The molecule has 0 fully saturated rings. The van der Waals surface area contributed by atoms with Crippen LogP contribution in [0.4, 0.5) is 0 Å². The number of carbonyl (C=O) groups excluding carboxylic acids is 2. The Morgan fingerprint density at radius 2 is 1.39 bits per heavy atom. The van der Waals surface area contributed by atoms with Crippen LogP contribution in [0.25, 0.3) is 22.2 Å². The first-order chi connectivity index (χ1) is 15.2. The number of nitrogens with zero attached hydrogens (tertiary/aromatic N) is 1. The van der Waals surface area contributed by atoms with Crippen molar-refractivity contribution < 1.29 is 9.59 Å². The summed E-state index contributed by atoms with van der Waals surface area (Å²) in [5.41, 5.74) is 4.00. The maximum Gasteiger partial charge on any atom is 0.252 e. The summed E-state index contributed by atoms with van der Waals surface area (Å²) in [5.74, 6) is -0.255. The number of rotatable bonds is 7. The van der Waals surface area contributed by atoms with Crippen molar-refractivity contribution in [3.63, 3.8) is 0 Å². The van der Waals surface area contributed by atoms with Crippen molar-refractivity contribution in [1.82, 2.24) is 15.6 Å². The second-order valence-electron chi connectivity index (χ2n) is 7.21. The third-order valence-corrected chi connectivity index (χ3v) is 4.97. The Morgan fingerprint density at radius 1 is 0.742 bits per heavy atom. The van der Waals surface area contributed by atoms with Gasteiger partial charge in [-0.2, -0.15) is 0 Å². The molecule has 0 atom stereocenters. The van der Waals surface area contributed by atoms with Gasteiger partial charge in [0.2, 0.25) is 5.91 Å². The molecule has 5 nitrogen and oxygen atoms in total. The van der Waals surface area contributed by atoms with Gasteiger partial charge in [-0.1, -0.05) is 78.9 Å². The standard InChI is InChI=1S/C26H23N3O2/c30-25(17-19-9-3-1-4-10-19)27-15-16-28-26(31)22-18-24(20-11-5-2-6-12-20)29-23-14-8-7-13-21(22)23/h1-14,18H,15-17H2,(H,27,30)(H,28,31). The topological polar surface area (TPSA) is 71.1 Å². The molecule has 0 aliphatic rings. The third-order valence-electron chi connectivity index (χ3n) is 4.97. The number of amides is 2. The first-order valence-corrected chi connectivity index (χ1v) is 10.2. The second-order valence-corrected chi connectivity index (χ2v) is 7.21. The number of carbonyl (C=O) groups is 2. The summed E-state index contributed by atoms with van der Waals surface area (Å²) in [5, 5.41) is 6.55. The molecule has 0 saturated carbocycles. The van der Waals surface area contributed by atoms with Gasteiger partial charge >= 0.3 is 0 Å². The number of benzene rings is 3. The van der Waals surface area contributed by atoms with Crippen molar-refractivity contribution >= 4 is 22.7 Å². The van der Waals surface area contributed by atoms with Crippen molar-refractivity contribution in [1.29, 1.82) is 0 Å². The number of hydrogen-bond donors (Lipinski definition) is 2. The maximum absolute atomic E-state index is 12.9. The zero-order valence-electron chi connectivity index (χ0n) is 17.0. The van der Waals surface area contributed by atoms with E-state index in [1.165, 1.54) is 0 Å². The van der Waals surface area contributed by atoms with Gasteiger partial charge in [-0.15, -0.1) is 0 Å². The van der Waals surface area contributed by atoms with Gasteiger partial charge in [0.1, 0.15) is 0 Å². The fourth-order valence-electron chi connectivity index (χ4n) is 3.44. The number of nitrogens with one attached hydrogen (secondary N) is 2. The first-order valence-electron chi connectivity index (χ1n) is 10.2. The van der Waals surface area contributed by atoms with Crippen molar-refractivity contribution in [2.45, 2.75) is 6.42 Å². The zero-order chi connectivity index (χ0) is 21.5. The zero-order valence-corrected chi connectivity index (χ0v) is 17.0. The summed E-state index contributed by atoms with van der Waals surface area (Å²) in [6, 6.07) is 28.8. The number of para-hydroxylation sites is 1. The van der Waals surface area contributed by atoms with E-state index in [-0.39, 0.29) is 11.8 Å². The van der Waals surface area contributed by atoms with E-state index in [1.807, 2.05) is 91.0 Å². The smallest absolute Gasteiger partial charge is 0.252 e. The van der Waals surface area contributed by atoms with Crippen molar-refractivity contribution in [2.24, 2.45) is 0 Å². The highest BCUT2D eigenvalue weighted by atomic mass is 16.2. The molecule has 154 valence electrons. The van der Waals surface area contributed by atoms with E-state index < -0.39 is 0 Å². The van der Waals surface area contributed by atoms with Crippen LogP contribution in [0.2, 0.25) is 0 Å². The van der Waals surface area contributed by atoms with Crippen molar-refractivity contribution in [2.75, 3.05) is 13.1 Å². The van der Waals surface area contributed by atoms with E-state index >= 15 is 0 Å². The average Bonchev–Trinajstić information content (AvgIpc) is 2.82. The van der Waals surface area contributed by atoms with E-state index in [0.29, 0.717) is 25.1 Å². The molecular weight excluding hydrogens is 386 g/mol. The molecule has 0 spiro atoms. The van der Waals surface area contributed by atoms with Gasteiger partial charge in [-0.05, 0) is 17.7 Å². The number of aromatic nitrogens is 1. The Labute approximate surface area is 181 Å². The highest BCUT2D eigenvalue weighted by molar-refractivity contribution is 6.07. The summed E-state index contributed by atoms with van der Waals surface area (Å²) in [4.78, 5) is 29.7. The van der Waals surface area contributed by atoms with Crippen LogP contribution in [0.3, 0.4) is 0 Å². The molecule has 1 heterocycles. The Hall–Kier alpha value is -3.99. The average molecular weight is 409 g/mol. The molecule has 0 bridgehead atoms. The summed E-state index contributed by atoms with van der Waals surface area (Å²) in [7, 11) is 0. The van der Waals surface area contributed by atoms with Gasteiger partial charge in [-0.3, -0.25) is 9.59 Å². The first kappa shape index (κ1) is 20.3. The van der Waals surface area contributed by atoms with Crippen LogP contribution in [0.15, 0.2) is 91.0 Å². The molecule has 4 rings (SSSR count). The normalized spacial score (nSPS) is 10.6. The molecule has 0 radical (unpaired) electrons. The Bertz CT molecular complexity index is 1190. The monoisotopic (exact) mass is 409 g/mol. The Kier molecular flexibility index (Phi) is 6.33. The fourth-order valence-corrected chi connectivity index (χ4v) is 3.44. The van der Waals surface area contributed by atoms with E-state index in [4.69, 9.17) is 4.98 Å². The molecule has 4 aromatic rings. The molecule has 0 saturated heterocycles. The minimum absolute atomic E-state index is 0.0684. The molecule has 1 aromatic heterocycles. The molecule has 31 heavy (non-hydrogen) atoms. The molecule has 0 unspecified atom stereocenters. The lowest BCUT2D eigenvalue weighted by molar-refractivity contribution is -0.120. The van der Waals surface area contributed by atoms with E-state index in [1.54, 1.807) is 0 Å².